The van der Waals surface area contributed by atoms with E-state index in [4.69, 9.17) is 11.3 Å². The number of nitrogens with two attached hydrogens (primary N) is 1. The van der Waals surface area contributed by atoms with Gasteiger partial charge in [-0.15, -0.1) is 0 Å². The van der Waals surface area contributed by atoms with Crippen molar-refractivity contribution in [2.75, 3.05) is 5.73 Å². The molecule has 6 heteroatoms. The molecule has 0 spiro atoms. The number of rotatable bonds is 3. The van der Waals surface area contributed by atoms with Gasteiger partial charge in [-0.1, -0.05) is 11.2 Å². The van der Waals surface area contributed by atoms with Crippen LogP contribution in [0, 0.1) is 0 Å². The van der Waals surface area contributed by atoms with Gasteiger partial charge in [-0.25, -0.2) is 4.79 Å². The average Bonchev–Trinajstić information content (AvgIpc) is 2.17. The summed E-state index contributed by atoms with van der Waals surface area (Å²) < 4.78 is 0. The number of nitrogen functional groups attached to an aromatic ring is 1. The molecule has 0 aliphatic heterocycles. The van der Waals surface area contributed by atoms with Crippen LogP contribution in [0.2, 0.25) is 0 Å². The summed E-state index contributed by atoms with van der Waals surface area (Å²) in [5.41, 5.74) is 15.3. The zero-order chi connectivity index (χ0) is 10.4. The van der Waals surface area contributed by atoms with Crippen molar-refractivity contribution >= 4 is 17.5 Å². The minimum atomic E-state index is 0.188. The zero-order valence-electron chi connectivity index (χ0n) is 7.21. The molecule has 70 valence electrons. The quantitative estimate of drug-likeness (QED) is 0.196. The predicted molar refractivity (Wildman–Crippen MR) is 51.5 cm³/mol. The molecule has 0 radical (unpaired) electrons. The molecular formula is C8H7N5O. The Bertz CT molecular complexity index is 429. The van der Waals surface area contributed by atoms with E-state index in [-0.39, 0.29) is 6.54 Å². The third kappa shape index (κ3) is 2.35. The average molecular weight is 189 g/mol. The lowest BCUT2D eigenvalue weighted by atomic mass is 10.1. The summed E-state index contributed by atoms with van der Waals surface area (Å²) in [6.45, 7) is 0.188. The highest BCUT2D eigenvalue weighted by atomic mass is 16.1. The number of anilines is 1. The number of carbonyl (C=O) groups excluding carboxylic acids is 1. The molecule has 0 saturated heterocycles. The molecule has 0 saturated carbocycles. The Kier molecular flexibility index (Phi) is 3.27. The summed E-state index contributed by atoms with van der Waals surface area (Å²) in [5, 5.41) is 3.37. The molecule has 14 heavy (non-hydrogen) atoms. The standard InChI is InChI=1S/C8H7N5O/c9-8-3-7(11-5-14)2-1-6(8)4-12-13-10/h1-3H,4,9H2. The minimum Gasteiger partial charge on any atom is -0.398 e. The number of hydrogen-bond donors (Lipinski definition) is 1. The van der Waals surface area contributed by atoms with Crippen molar-refractivity contribution in [2.24, 2.45) is 10.1 Å². The Hall–Kier alpha value is -2.29. The number of azide groups is 1. The SMILES string of the molecule is [N-]=[N+]=NCc1ccc(N=C=O)cc1N. The van der Waals surface area contributed by atoms with Gasteiger partial charge >= 0.3 is 0 Å². The highest BCUT2D eigenvalue weighted by Gasteiger charge is 1.98. The second-order valence-corrected chi connectivity index (χ2v) is 2.48. The lowest BCUT2D eigenvalue weighted by Crippen LogP contribution is -1.91. The van der Waals surface area contributed by atoms with Crippen LogP contribution in [0.3, 0.4) is 0 Å². The number of aliphatic imine (C=N–C) groups is 1. The van der Waals surface area contributed by atoms with Crippen molar-refractivity contribution < 1.29 is 4.79 Å². The Morgan fingerprint density at radius 2 is 2.36 bits per heavy atom. The molecule has 0 bridgehead atoms. The van der Waals surface area contributed by atoms with Crippen molar-refractivity contribution in [2.45, 2.75) is 6.54 Å². The number of nitrogens with zero attached hydrogens (tertiary/aromatic N) is 4. The van der Waals surface area contributed by atoms with E-state index in [9.17, 15) is 4.79 Å². The van der Waals surface area contributed by atoms with E-state index in [0.717, 1.165) is 0 Å². The van der Waals surface area contributed by atoms with E-state index in [0.29, 0.717) is 16.9 Å². The molecule has 0 fully saturated rings. The smallest absolute Gasteiger partial charge is 0.240 e. The van der Waals surface area contributed by atoms with Gasteiger partial charge in [0.25, 0.3) is 0 Å². The third-order valence-electron chi connectivity index (χ3n) is 1.61. The van der Waals surface area contributed by atoms with Gasteiger partial charge in [0.1, 0.15) is 0 Å². The van der Waals surface area contributed by atoms with E-state index in [2.05, 4.69) is 15.0 Å². The van der Waals surface area contributed by atoms with Crippen molar-refractivity contribution in [1.29, 1.82) is 0 Å². The third-order valence-corrected chi connectivity index (χ3v) is 1.61. The normalized spacial score (nSPS) is 8.57. The van der Waals surface area contributed by atoms with Crippen molar-refractivity contribution in [3.05, 3.63) is 34.2 Å². The van der Waals surface area contributed by atoms with Gasteiger partial charge in [-0.2, -0.15) is 4.99 Å². The molecule has 0 amide bonds. The highest BCUT2D eigenvalue weighted by Crippen LogP contribution is 2.20. The molecule has 1 rings (SSSR count). The van der Waals surface area contributed by atoms with Gasteiger partial charge in [0.2, 0.25) is 6.08 Å². The summed E-state index contributed by atoms with van der Waals surface area (Å²) in [5.74, 6) is 0. The van der Waals surface area contributed by atoms with Crippen LogP contribution in [0.4, 0.5) is 11.4 Å². The first kappa shape index (κ1) is 9.80. The monoisotopic (exact) mass is 189 g/mol. The van der Waals surface area contributed by atoms with Crippen LogP contribution in [0.15, 0.2) is 28.3 Å². The van der Waals surface area contributed by atoms with E-state index < -0.39 is 0 Å². The van der Waals surface area contributed by atoms with Gasteiger partial charge in [0.15, 0.2) is 0 Å². The van der Waals surface area contributed by atoms with Crippen LogP contribution in [0.1, 0.15) is 5.56 Å². The fourth-order valence-corrected chi connectivity index (χ4v) is 0.956. The molecule has 2 N–H and O–H groups in total. The second kappa shape index (κ2) is 4.67. The van der Waals surface area contributed by atoms with Gasteiger partial charge in [0.05, 0.1) is 12.2 Å². The van der Waals surface area contributed by atoms with Crippen LogP contribution >= 0.6 is 0 Å². The van der Waals surface area contributed by atoms with Crippen molar-refractivity contribution in [1.82, 2.24) is 0 Å². The zero-order valence-corrected chi connectivity index (χ0v) is 7.21. The Labute approximate surface area is 79.7 Å². The van der Waals surface area contributed by atoms with Crippen LogP contribution in [0.25, 0.3) is 10.4 Å². The summed E-state index contributed by atoms with van der Waals surface area (Å²) in [6, 6.07) is 4.77. The molecule has 1 aromatic carbocycles. The van der Waals surface area contributed by atoms with Crippen LogP contribution in [-0.4, -0.2) is 6.08 Å². The molecule has 0 aliphatic carbocycles. The van der Waals surface area contributed by atoms with E-state index in [1.54, 1.807) is 12.1 Å². The van der Waals surface area contributed by atoms with E-state index in [1.807, 2.05) is 0 Å². The number of hydrogen-bond acceptors (Lipinski definition) is 4. The van der Waals surface area contributed by atoms with Gasteiger partial charge in [-0.3, -0.25) is 0 Å². The lowest BCUT2D eigenvalue weighted by molar-refractivity contribution is 0.565. The fourth-order valence-electron chi connectivity index (χ4n) is 0.956. The van der Waals surface area contributed by atoms with Crippen LogP contribution < -0.4 is 5.73 Å². The van der Waals surface area contributed by atoms with Crippen molar-refractivity contribution in [3.8, 4) is 0 Å². The van der Waals surface area contributed by atoms with Crippen LogP contribution in [0.5, 0.6) is 0 Å². The highest BCUT2D eigenvalue weighted by molar-refractivity contribution is 5.59. The Balaban J connectivity index is 3.00. The molecular weight excluding hydrogens is 182 g/mol. The second-order valence-electron chi connectivity index (χ2n) is 2.48. The molecule has 0 aliphatic rings. The maximum absolute atomic E-state index is 9.94. The first-order valence-corrected chi connectivity index (χ1v) is 3.75. The largest absolute Gasteiger partial charge is 0.398 e. The van der Waals surface area contributed by atoms with E-state index >= 15 is 0 Å². The maximum Gasteiger partial charge on any atom is 0.240 e. The fraction of sp³-hybridized carbons (Fsp3) is 0.125. The van der Waals surface area contributed by atoms with E-state index in [1.165, 1.54) is 12.1 Å². The minimum absolute atomic E-state index is 0.188. The van der Waals surface area contributed by atoms with Gasteiger partial charge < -0.3 is 5.73 Å². The van der Waals surface area contributed by atoms with Gasteiger partial charge in [-0.05, 0) is 23.2 Å². The lowest BCUT2D eigenvalue weighted by Gasteiger charge is -2.01. The summed E-state index contributed by atoms with van der Waals surface area (Å²) in [4.78, 5) is 16.0. The summed E-state index contributed by atoms with van der Waals surface area (Å²) in [7, 11) is 0. The Morgan fingerprint density at radius 3 is 2.93 bits per heavy atom. The maximum atomic E-state index is 9.94. The summed E-state index contributed by atoms with van der Waals surface area (Å²) in [6.07, 6.45) is 1.41. The first-order valence-electron chi connectivity index (χ1n) is 3.75. The first-order chi connectivity index (χ1) is 6.77. The van der Waals surface area contributed by atoms with Gasteiger partial charge in [0, 0.05) is 10.6 Å². The molecule has 0 heterocycles. The van der Waals surface area contributed by atoms with Crippen LogP contribution in [-0.2, 0) is 11.3 Å². The molecule has 0 atom stereocenters. The molecule has 6 nitrogen and oxygen atoms in total. The molecule has 1 aromatic rings. The summed E-state index contributed by atoms with van der Waals surface area (Å²) >= 11 is 0. The number of benzene rings is 1. The molecule has 0 aromatic heterocycles. The number of isocyanates is 1. The topological polar surface area (TPSA) is 104 Å². The molecule has 0 unspecified atom stereocenters. The Morgan fingerprint density at radius 1 is 1.57 bits per heavy atom. The van der Waals surface area contributed by atoms with Crippen molar-refractivity contribution in [3.63, 3.8) is 0 Å². The predicted octanol–water partition coefficient (Wildman–Crippen LogP) is 2.05.